The number of nitrogens with one attached hydrogen (secondary N) is 1. The second-order valence-corrected chi connectivity index (χ2v) is 3.58. The molecule has 0 aliphatic heterocycles. The molecule has 0 atom stereocenters. The predicted octanol–water partition coefficient (Wildman–Crippen LogP) is 1.27. The molecule has 0 fully saturated rings. The van der Waals surface area contributed by atoms with Crippen LogP contribution in [0.15, 0.2) is 6.20 Å². The summed E-state index contributed by atoms with van der Waals surface area (Å²) >= 11 is 0. The van der Waals surface area contributed by atoms with E-state index in [-0.39, 0.29) is 12.3 Å². The molecule has 0 bridgehead atoms. The van der Waals surface area contributed by atoms with Crippen LogP contribution in [0.1, 0.15) is 31.0 Å². The van der Waals surface area contributed by atoms with E-state index in [2.05, 4.69) is 15.3 Å². The average Bonchev–Trinajstić information content (AvgIpc) is 2.17. The van der Waals surface area contributed by atoms with E-state index in [1.165, 1.54) is 0 Å². The maximum absolute atomic E-state index is 10.6. The van der Waals surface area contributed by atoms with Gasteiger partial charge in [0.05, 0.1) is 12.1 Å². The molecular weight excluding hydrogens is 194 g/mol. The van der Waals surface area contributed by atoms with Gasteiger partial charge in [-0.15, -0.1) is 0 Å². The lowest BCUT2D eigenvalue weighted by molar-refractivity contribution is -0.136. The van der Waals surface area contributed by atoms with Crippen LogP contribution in [-0.2, 0) is 11.2 Å². The van der Waals surface area contributed by atoms with Crippen molar-refractivity contribution in [3.05, 3.63) is 17.5 Å². The summed E-state index contributed by atoms with van der Waals surface area (Å²) in [6.07, 6.45) is 1.54. The van der Waals surface area contributed by atoms with Gasteiger partial charge in [0.15, 0.2) is 0 Å². The fraction of sp³-hybridized carbons (Fsp3) is 0.500. The molecule has 5 nitrogen and oxygen atoms in total. The van der Waals surface area contributed by atoms with Crippen molar-refractivity contribution < 1.29 is 9.90 Å². The van der Waals surface area contributed by atoms with Gasteiger partial charge in [-0.25, -0.2) is 9.97 Å². The van der Waals surface area contributed by atoms with Gasteiger partial charge in [0, 0.05) is 18.8 Å². The lowest BCUT2D eigenvalue weighted by atomic mass is 10.0. The van der Waals surface area contributed by atoms with E-state index in [4.69, 9.17) is 5.11 Å². The molecule has 5 heteroatoms. The van der Waals surface area contributed by atoms with E-state index in [0.29, 0.717) is 11.5 Å². The first-order chi connectivity index (χ1) is 7.04. The van der Waals surface area contributed by atoms with Crippen molar-refractivity contribution >= 4 is 11.9 Å². The molecule has 1 heterocycles. The number of aromatic nitrogens is 2. The van der Waals surface area contributed by atoms with Gasteiger partial charge < -0.3 is 10.4 Å². The average molecular weight is 209 g/mol. The van der Waals surface area contributed by atoms with E-state index in [0.717, 1.165) is 5.69 Å². The van der Waals surface area contributed by atoms with E-state index in [9.17, 15) is 4.79 Å². The lowest BCUT2D eigenvalue weighted by Gasteiger charge is -2.11. The summed E-state index contributed by atoms with van der Waals surface area (Å²) in [5.74, 6) is -0.153. The quantitative estimate of drug-likeness (QED) is 0.781. The third kappa shape index (κ3) is 2.90. The Balaban J connectivity index is 3.09. The van der Waals surface area contributed by atoms with Crippen molar-refractivity contribution in [1.29, 1.82) is 0 Å². The monoisotopic (exact) mass is 209 g/mol. The van der Waals surface area contributed by atoms with Crippen LogP contribution < -0.4 is 5.32 Å². The second-order valence-electron chi connectivity index (χ2n) is 3.58. The Labute approximate surface area is 88.6 Å². The number of carbonyl (C=O) groups is 1. The third-order valence-corrected chi connectivity index (χ3v) is 2.01. The number of hydrogen-bond donors (Lipinski definition) is 2. The van der Waals surface area contributed by atoms with Crippen LogP contribution >= 0.6 is 0 Å². The van der Waals surface area contributed by atoms with Gasteiger partial charge in [0.25, 0.3) is 0 Å². The fourth-order valence-corrected chi connectivity index (χ4v) is 1.34. The van der Waals surface area contributed by atoms with E-state index in [1.807, 2.05) is 13.8 Å². The number of carboxylic acids is 1. The molecule has 0 radical (unpaired) electrons. The minimum atomic E-state index is -0.863. The Bertz CT molecular complexity index is 364. The molecular formula is C10H15N3O2. The zero-order chi connectivity index (χ0) is 11.4. The highest BCUT2D eigenvalue weighted by atomic mass is 16.4. The summed E-state index contributed by atoms with van der Waals surface area (Å²) in [6, 6.07) is 0. The summed E-state index contributed by atoms with van der Waals surface area (Å²) in [5.41, 5.74) is 1.47. The molecule has 0 aliphatic carbocycles. The zero-order valence-corrected chi connectivity index (χ0v) is 9.11. The van der Waals surface area contributed by atoms with Crippen LogP contribution in [0.2, 0.25) is 0 Å². The van der Waals surface area contributed by atoms with Crippen molar-refractivity contribution in [3.8, 4) is 0 Å². The zero-order valence-electron chi connectivity index (χ0n) is 9.11. The van der Waals surface area contributed by atoms with Gasteiger partial charge >= 0.3 is 5.97 Å². The number of aliphatic carboxylic acids is 1. The van der Waals surface area contributed by atoms with Gasteiger partial charge in [-0.1, -0.05) is 13.8 Å². The lowest BCUT2D eigenvalue weighted by Crippen LogP contribution is -2.09. The Morgan fingerprint density at radius 2 is 2.27 bits per heavy atom. The standard InChI is InChI=1S/C10H15N3O2/c1-6(2)9-7(4-8(14)15)5-12-10(11-3)13-9/h5-6H,4H2,1-3H3,(H,14,15)(H,11,12,13). The fourth-order valence-electron chi connectivity index (χ4n) is 1.34. The molecule has 15 heavy (non-hydrogen) atoms. The topological polar surface area (TPSA) is 75.1 Å². The van der Waals surface area contributed by atoms with Crippen molar-refractivity contribution in [1.82, 2.24) is 9.97 Å². The Kier molecular flexibility index (Phi) is 3.60. The molecule has 0 aromatic carbocycles. The van der Waals surface area contributed by atoms with Crippen LogP contribution in [0.5, 0.6) is 0 Å². The van der Waals surface area contributed by atoms with Gasteiger partial charge in [-0.2, -0.15) is 0 Å². The molecule has 1 aromatic rings. The third-order valence-electron chi connectivity index (χ3n) is 2.01. The van der Waals surface area contributed by atoms with Gasteiger partial charge in [0.1, 0.15) is 0 Å². The van der Waals surface area contributed by atoms with Crippen LogP contribution in [0.25, 0.3) is 0 Å². The highest BCUT2D eigenvalue weighted by molar-refractivity contribution is 5.70. The first-order valence-corrected chi connectivity index (χ1v) is 4.80. The number of carboxylic acid groups (broad SMARTS) is 1. The smallest absolute Gasteiger partial charge is 0.307 e. The van der Waals surface area contributed by atoms with Crippen molar-refractivity contribution in [2.75, 3.05) is 12.4 Å². The first kappa shape index (κ1) is 11.4. The van der Waals surface area contributed by atoms with E-state index < -0.39 is 5.97 Å². The Morgan fingerprint density at radius 1 is 1.60 bits per heavy atom. The van der Waals surface area contributed by atoms with Crippen molar-refractivity contribution in [2.24, 2.45) is 0 Å². The number of rotatable bonds is 4. The summed E-state index contributed by atoms with van der Waals surface area (Å²) < 4.78 is 0. The van der Waals surface area contributed by atoms with Crippen LogP contribution in [0, 0.1) is 0 Å². The molecule has 2 N–H and O–H groups in total. The normalized spacial score (nSPS) is 10.4. The SMILES string of the molecule is CNc1ncc(CC(=O)O)c(C(C)C)n1. The molecule has 0 spiro atoms. The highest BCUT2D eigenvalue weighted by Crippen LogP contribution is 2.18. The first-order valence-electron chi connectivity index (χ1n) is 4.80. The summed E-state index contributed by atoms with van der Waals surface area (Å²) in [5, 5.41) is 11.6. The minimum Gasteiger partial charge on any atom is -0.481 e. The molecule has 0 aliphatic rings. The molecule has 1 rings (SSSR count). The van der Waals surface area contributed by atoms with E-state index >= 15 is 0 Å². The second kappa shape index (κ2) is 4.72. The minimum absolute atomic E-state index is 0.0303. The molecule has 0 unspecified atom stereocenters. The van der Waals surface area contributed by atoms with Crippen molar-refractivity contribution in [2.45, 2.75) is 26.2 Å². The maximum atomic E-state index is 10.6. The summed E-state index contributed by atoms with van der Waals surface area (Å²) in [7, 11) is 1.73. The molecule has 1 aromatic heterocycles. The van der Waals surface area contributed by atoms with Crippen molar-refractivity contribution in [3.63, 3.8) is 0 Å². The Morgan fingerprint density at radius 3 is 2.73 bits per heavy atom. The highest BCUT2D eigenvalue weighted by Gasteiger charge is 2.12. The maximum Gasteiger partial charge on any atom is 0.307 e. The summed E-state index contributed by atoms with van der Waals surface area (Å²) in [6.45, 7) is 3.96. The molecule has 0 saturated heterocycles. The van der Waals surface area contributed by atoms with Crippen LogP contribution in [-0.4, -0.2) is 28.1 Å². The predicted molar refractivity (Wildman–Crippen MR) is 57.0 cm³/mol. The molecule has 0 saturated carbocycles. The van der Waals surface area contributed by atoms with Gasteiger partial charge in [-0.3, -0.25) is 4.79 Å². The van der Waals surface area contributed by atoms with Gasteiger partial charge in [-0.05, 0) is 5.92 Å². The number of hydrogen-bond acceptors (Lipinski definition) is 4. The number of anilines is 1. The molecule has 82 valence electrons. The van der Waals surface area contributed by atoms with E-state index in [1.54, 1.807) is 13.2 Å². The molecule has 0 amide bonds. The van der Waals surface area contributed by atoms with Gasteiger partial charge in [0.2, 0.25) is 5.95 Å². The van der Waals surface area contributed by atoms with Crippen LogP contribution in [0.3, 0.4) is 0 Å². The number of nitrogens with zero attached hydrogens (tertiary/aromatic N) is 2. The largest absolute Gasteiger partial charge is 0.481 e. The summed E-state index contributed by atoms with van der Waals surface area (Å²) in [4.78, 5) is 18.9. The Hall–Kier alpha value is -1.65. The van der Waals surface area contributed by atoms with Crippen LogP contribution in [0.4, 0.5) is 5.95 Å².